The Morgan fingerprint density at radius 1 is 0.892 bits per heavy atom. The summed E-state index contributed by atoms with van der Waals surface area (Å²) < 4.78 is 8.30. The van der Waals surface area contributed by atoms with Crippen LogP contribution in [-0.4, -0.2) is 14.5 Å². The van der Waals surface area contributed by atoms with Gasteiger partial charge in [-0.15, -0.1) is 24.8 Å². The quantitative estimate of drug-likeness (QED) is 0.250. The number of halogens is 2. The molecule has 6 nitrogen and oxygen atoms in total. The number of ether oxygens (including phenoxy) is 1. The molecular weight excluding hydrogens is 505 g/mol. The number of nitriles is 2. The molecule has 0 aliphatic rings. The van der Waals surface area contributed by atoms with Crippen molar-refractivity contribution in [1.29, 1.82) is 10.5 Å². The van der Waals surface area contributed by atoms with Crippen molar-refractivity contribution in [1.82, 2.24) is 14.5 Å². The van der Waals surface area contributed by atoms with E-state index < -0.39 is 6.10 Å². The fourth-order valence-electron chi connectivity index (χ4n) is 4.22. The second kappa shape index (κ2) is 12.2. The van der Waals surface area contributed by atoms with Crippen molar-refractivity contribution in [2.75, 3.05) is 0 Å². The van der Waals surface area contributed by atoms with Crippen molar-refractivity contribution < 1.29 is 4.74 Å². The Morgan fingerprint density at radius 3 is 2.41 bits per heavy atom. The first kappa shape index (κ1) is 27.4. The van der Waals surface area contributed by atoms with Crippen LogP contribution >= 0.6 is 24.8 Å². The number of fused-ring (bicyclic) bond motifs is 1. The van der Waals surface area contributed by atoms with Crippen molar-refractivity contribution in [3.8, 4) is 23.3 Å². The average molecular weight is 528 g/mol. The van der Waals surface area contributed by atoms with Crippen LogP contribution in [0.1, 0.15) is 34.2 Å². The minimum absolute atomic E-state index is 0. The van der Waals surface area contributed by atoms with Crippen LogP contribution in [-0.2, 0) is 18.4 Å². The molecule has 5 aromatic rings. The Morgan fingerprint density at radius 2 is 1.70 bits per heavy atom. The third-order valence-corrected chi connectivity index (χ3v) is 6.02. The van der Waals surface area contributed by atoms with E-state index >= 15 is 0 Å². The standard InChI is InChI=1S/C29H21N5O.2ClH/c1-34-19-32-17-28(34)29(35-18-24-12-9-20(14-30)16-33-24)22-10-11-23(15-31)27(13-22)26-8-4-6-21-5-2-3-7-25(21)26;;/h2-13,16-17,19,29H,18H2,1H3;2*1H. The van der Waals surface area contributed by atoms with Gasteiger partial charge < -0.3 is 9.30 Å². The Kier molecular flexibility index (Phi) is 9.00. The van der Waals surface area contributed by atoms with Gasteiger partial charge in [0.05, 0.1) is 47.7 Å². The normalized spacial score (nSPS) is 11.0. The smallest absolute Gasteiger partial charge is 0.125 e. The molecule has 0 aliphatic heterocycles. The zero-order valence-electron chi connectivity index (χ0n) is 19.9. The van der Waals surface area contributed by atoms with Gasteiger partial charge in [0.1, 0.15) is 12.2 Å². The molecule has 0 amide bonds. The van der Waals surface area contributed by atoms with Gasteiger partial charge in [-0.05, 0) is 46.2 Å². The van der Waals surface area contributed by atoms with E-state index in [4.69, 9.17) is 10.00 Å². The molecule has 3 aromatic carbocycles. The number of hydrogen-bond donors (Lipinski definition) is 0. The Balaban J connectivity index is 0.00000190. The fourth-order valence-corrected chi connectivity index (χ4v) is 4.22. The highest BCUT2D eigenvalue weighted by molar-refractivity contribution is 5.97. The van der Waals surface area contributed by atoms with E-state index in [-0.39, 0.29) is 31.4 Å². The summed E-state index contributed by atoms with van der Waals surface area (Å²) in [7, 11) is 1.92. The van der Waals surface area contributed by atoms with Crippen molar-refractivity contribution >= 4 is 35.6 Å². The number of hydrogen-bond acceptors (Lipinski definition) is 5. The summed E-state index contributed by atoms with van der Waals surface area (Å²) >= 11 is 0. The van der Waals surface area contributed by atoms with Crippen LogP contribution < -0.4 is 0 Å². The lowest BCUT2D eigenvalue weighted by atomic mass is 9.92. The number of imidazole rings is 1. The number of nitrogens with zero attached hydrogens (tertiary/aromatic N) is 5. The van der Waals surface area contributed by atoms with Crippen LogP contribution in [0.25, 0.3) is 21.9 Å². The number of rotatable bonds is 6. The molecule has 37 heavy (non-hydrogen) atoms. The fraction of sp³-hybridized carbons (Fsp3) is 0.103. The molecule has 2 aromatic heterocycles. The van der Waals surface area contributed by atoms with E-state index in [1.54, 1.807) is 24.7 Å². The van der Waals surface area contributed by atoms with Crippen LogP contribution in [0.4, 0.5) is 0 Å². The first-order valence-electron chi connectivity index (χ1n) is 11.1. The van der Waals surface area contributed by atoms with Crippen LogP contribution in [0, 0.1) is 22.7 Å². The van der Waals surface area contributed by atoms with Crippen molar-refractivity contribution in [2.45, 2.75) is 12.7 Å². The maximum absolute atomic E-state index is 9.88. The van der Waals surface area contributed by atoms with E-state index in [1.807, 2.05) is 54.1 Å². The average Bonchev–Trinajstić information content (AvgIpc) is 3.34. The van der Waals surface area contributed by atoms with E-state index in [9.17, 15) is 5.26 Å². The Labute approximate surface area is 227 Å². The second-order valence-electron chi connectivity index (χ2n) is 8.21. The number of aryl methyl sites for hydroxylation is 1. The molecule has 0 bridgehead atoms. The molecule has 0 N–H and O–H groups in total. The number of aromatic nitrogens is 3. The lowest BCUT2D eigenvalue weighted by molar-refractivity contribution is 0.0601. The highest BCUT2D eigenvalue weighted by Gasteiger charge is 2.21. The Hall–Kier alpha value is -4.20. The van der Waals surface area contributed by atoms with Gasteiger partial charge in [0.2, 0.25) is 0 Å². The summed E-state index contributed by atoms with van der Waals surface area (Å²) in [6.45, 7) is 0.255. The van der Waals surface area contributed by atoms with Gasteiger partial charge in [0, 0.05) is 18.8 Å². The van der Waals surface area contributed by atoms with Crippen LogP contribution in [0.15, 0.2) is 91.5 Å². The minimum Gasteiger partial charge on any atom is -0.361 e. The summed E-state index contributed by atoms with van der Waals surface area (Å²) in [5, 5.41) is 21.1. The highest BCUT2D eigenvalue weighted by Crippen LogP contribution is 2.35. The summed E-state index contributed by atoms with van der Waals surface area (Å²) in [5.41, 5.74) is 5.47. The summed E-state index contributed by atoms with van der Waals surface area (Å²) in [5.74, 6) is 0. The lowest BCUT2D eigenvalue weighted by Crippen LogP contribution is -2.11. The molecule has 2 heterocycles. The topological polar surface area (TPSA) is 87.5 Å². The van der Waals surface area contributed by atoms with Crippen molar-refractivity contribution in [2.24, 2.45) is 7.05 Å². The first-order chi connectivity index (χ1) is 17.2. The van der Waals surface area contributed by atoms with Gasteiger partial charge in [0.15, 0.2) is 0 Å². The molecule has 0 aliphatic carbocycles. The van der Waals surface area contributed by atoms with E-state index in [2.05, 4.69) is 40.3 Å². The number of pyridine rings is 1. The minimum atomic E-state index is -0.429. The largest absolute Gasteiger partial charge is 0.361 e. The van der Waals surface area contributed by atoms with Gasteiger partial charge in [-0.1, -0.05) is 48.5 Å². The molecule has 1 atom stereocenters. The highest BCUT2D eigenvalue weighted by atomic mass is 35.5. The molecule has 0 radical (unpaired) electrons. The zero-order chi connectivity index (χ0) is 24.2. The third kappa shape index (κ3) is 5.63. The predicted molar refractivity (Wildman–Crippen MR) is 147 cm³/mol. The summed E-state index contributed by atoms with van der Waals surface area (Å²) in [4.78, 5) is 8.61. The maximum Gasteiger partial charge on any atom is 0.125 e. The van der Waals surface area contributed by atoms with Crippen LogP contribution in [0.2, 0.25) is 0 Å². The molecule has 0 fully saturated rings. The predicted octanol–water partition coefficient (Wildman–Crippen LogP) is 6.53. The van der Waals surface area contributed by atoms with Crippen LogP contribution in [0.3, 0.4) is 0 Å². The van der Waals surface area contributed by atoms with Gasteiger partial charge in [-0.2, -0.15) is 10.5 Å². The third-order valence-electron chi connectivity index (χ3n) is 6.02. The summed E-state index contributed by atoms with van der Waals surface area (Å²) in [6.07, 6.45) is 4.63. The van der Waals surface area contributed by atoms with Gasteiger partial charge in [0.25, 0.3) is 0 Å². The van der Waals surface area contributed by atoms with E-state index in [0.717, 1.165) is 38.9 Å². The maximum atomic E-state index is 9.88. The molecular formula is C29H23Cl2N5O. The second-order valence-corrected chi connectivity index (χ2v) is 8.21. The van der Waals surface area contributed by atoms with Gasteiger partial charge in [-0.3, -0.25) is 4.98 Å². The number of benzene rings is 3. The molecule has 8 heteroatoms. The van der Waals surface area contributed by atoms with E-state index in [1.165, 1.54) is 6.20 Å². The van der Waals surface area contributed by atoms with Gasteiger partial charge >= 0.3 is 0 Å². The monoisotopic (exact) mass is 527 g/mol. The molecule has 5 rings (SSSR count). The zero-order valence-corrected chi connectivity index (χ0v) is 21.5. The SMILES string of the molecule is Cl.Cl.Cn1cncc1C(OCc1ccc(C#N)cn1)c1ccc(C#N)c(-c2cccc3ccccc23)c1. The molecule has 0 spiro atoms. The lowest BCUT2D eigenvalue weighted by Gasteiger charge is -2.20. The molecule has 184 valence electrons. The first-order valence-corrected chi connectivity index (χ1v) is 11.1. The Bertz CT molecular complexity index is 1590. The van der Waals surface area contributed by atoms with Crippen molar-refractivity contribution in [3.05, 3.63) is 120 Å². The van der Waals surface area contributed by atoms with Crippen LogP contribution in [0.5, 0.6) is 0 Å². The summed E-state index contributed by atoms with van der Waals surface area (Å²) in [6, 6.07) is 28.0. The van der Waals surface area contributed by atoms with Gasteiger partial charge in [-0.25, -0.2) is 4.98 Å². The molecule has 1 unspecified atom stereocenters. The molecule has 0 saturated heterocycles. The molecule has 0 saturated carbocycles. The van der Waals surface area contributed by atoms with Crippen molar-refractivity contribution in [3.63, 3.8) is 0 Å². The van der Waals surface area contributed by atoms with E-state index in [0.29, 0.717) is 11.1 Å².